The summed E-state index contributed by atoms with van der Waals surface area (Å²) in [6.45, 7) is 4.02. The van der Waals surface area contributed by atoms with E-state index in [-0.39, 0.29) is 32.2 Å². The average molecular weight is 502 g/mol. The zero-order chi connectivity index (χ0) is 25.3. The summed E-state index contributed by atoms with van der Waals surface area (Å²) in [6, 6.07) is 0. The highest BCUT2D eigenvalue weighted by Gasteiger charge is 2.28. The Hall–Kier alpha value is -2.19. The molecule has 0 atom stereocenters. The smallest absolute Gasteiger partial charge is 0.313 e. The minimum absolute atomic E-state index is 0.0690. The van der Waals surface area contributed by atoms with Crippen LogP contribution in [0.5, 0.6) is 5.75 Å². The molecule has 0 spiro atoms. The molecule has 0 aliphatic heterocycles. The molecule has 1 rings (SSSR count). The molecule has 0 bridgehead atoms. The number of ether oxygens (including phenoxy) is 6. The number of Topliss-reactive ketones (excluding diaryl/α,β-unsaturated/α-hetero) is 1. The van der Waals surface area contributed by atoms with Crippen LogP contribution in [0, 0.1) is 29.1 Å². The van der Waals surface area contributed by atoms with Gasteiger partial charge < -0.3 is 28.4 Å². The summed E-state index contributed by atoms with van der Waals surface area (Å²) in [4.78, 5) is 22.3. The Bertz CT molecular complexity index is 749. The van der Waals surface area contributed by atoms with Crippen LogP contribution in [0.1, 0.15) is 19.8 Å². The number of ketones is 1. The van der Waals surface area contributed by atoms with Gasteiger partial charge in [-0.15, -0.1) is 0 Å². The molecule has 1 aromatic carbocycles. The van der Waals surface area contributed by atoms with Crippen molar-refractivity contribution in [1.82, 2.24) is 0 Å². The Morgan fingerprint density at radius 2 is 0.853 bits per heavy atom. The minimum Gasteiger partial charge on any atom is -0.420 e. The standard InChI is InChI=1S/C21H27F5O8/c1-14(27)2-4-29-6-8-31-10-12-33-13-11-32-9-7-30-5-3-15(28)34-21-19(25)17(23)16(22)18(24)20(21)26/h2-13H2,1H3. The lowest BCUT2D eigenvalue weighted by Gasteiger charge is -2.09. The van der Waals surface area contributed by atoms with E-state index in [0.29, 0.717) is 46.1 Å². The second-order valence-corrected chi connectivity index (χ2v) is 6.64. The van der Waals surface area contributed by atoms with Gasteiger partial charge in [0.05, 0.1) is 72.5 Å². The monoisotopic (exact) mass is 502 g/mol. The SMILES string of the molecule is CC(=O)CCOCCOCCOCCOCCOCCC(=O)Oc1c(F)c(F)c(F)c(F)c1F. The summed E-state index contributed by atoms with van der Waals surface area (Å²) < 4.78 is 96.2. The van der Waals surface area contributed by atoms with E-state index in [1.165, 1.54) is 6.92 Å². The highest BCUT2D eigenvalue weighted by molar-refractivity contribution is 5.75. The fourth-order valence-electron chi connectivity index (χ4n) is 2.19. The normalized spacial score (nSPS) is 11.1. The number of halogens is 5. The molecular weight excluding hydrogens is 475 g/mol. The Kier molecular flexibility index (Phi) is 15.2. The van der Waals surface area contributed by atoms with Crippen LogP contribution in [0.3, 0.4) is 0 Å². The number of carbonyl (C=O) groups is 2. The molecule has 0 unspecified atom stereocenters. The van der Waals surface area contributed by atoms with Crippen LogP contribution in [-0.2, 0) is 33.3 Å². The third kappa shape index (κ3) is 11.8. The van der Waals surface area contributed by atoms with E-state index < -0.39 is 47.2 Å². The second-order valence-electron chi connectivity index (χ2n) is 6.64. The van der Waals surface area contributed by atoms with Gasteiger partial charge in [0.1, 0.15) is 5.78 Å². The van der Waals surface area contributed by atoms with Crippen LogP contribution < -0.4 is 4.74 Å². The van der Waals surface area contributed by atoms with Crippen LogP contribution in [0.25, 0.3) is 0 Å². The van der Waals surface area contributed by atoms with Crippen LogP contribution in [0.2, 0.25) is 0 Å². The van der Waals surface area contributed by atoms with Crippen molar-refractivity contribution in [1.29, 1.82) is 0 Å². The molecule has 1 aromatic rings. The minimum atomic E-state index is -2.35. The number of hydrogen-bond donors (Lipinski definition) is 0. The first-order valence-electron chi connectivity index (χ1n) is 10.4. The second kappa shape index (κ2) is 17.3. The zero-order valence-corrected chi connectivity index (χ0v) is 18.6. The quantitative estimate of drug-likeness (QED) is 0.0713. The fraction of sp³-hybridized carbons (Fsp3) is 0.619. The van der Waals surface area contributed by atoms with E-state index in [1.807, 2.05) is 0 Å². The summed E-state index contributed by atoms with van der Waals surface area (Å²) in [5.41, 5.74) is 0. The number of carbonyl (C=O) groups excluding carboxylic acids is 2. The lowest BCUT2D eigenvalue weighted by molar-refractivity contribution is -0.136. The van der Waals surface area contributed by atoms with E-state index >= 15 is 0 Å². The van der Waals surface area contributed by atoms with E-state index in [2.05, 4.69) is 4.74 Å². The summed E-state index contributed by atoms with van der Waals surface area (Å²) in [5.74, 6) is -14.1. The van der Waals surface area contributed by atoms with Gasteiger partial charge in [-0.25, -0.2) is 13.2 Å². The molecule has 0 amide bonds. The third-order valence-electron chi connectivity index (χ3n) is 3.92. The number of hydrogen-bond acceptors (Lipinski definition) is 8. The Balaban J connectivity index is 1.97. The molecule has 0 aromatic heterocycles. The van der Waals surface area contributed by atoms with Crippen LogP contribution in [0.15, 0.2) is 0 Å². The molecule has 194 valence electrons. The molecule has 0 aliphatic rings. The summed E-state index contributed by atoms with van der Waals surface area (Å²) in [6.07, 6.45) is -0.102. The zero-order valence-electron chi connectivity index (χ0n) is 18.6. The average Bonchev–Trinajstić information content (AvgIpc) is 2.81. The molecule has 0 aliphatic carbocycles. The predicted octanol–water partition coefficient (Wildman–Crippen LogP) is 2.74. The van der Waals surface area contributed by atoms with Crippen molar-refractivity contribution in [2.75, 3.05) is 66.1 Å². The van der Waals surface area contributed by atoms with Gasteiger partial charge in [0.15, 0.2) is 0 Å². The first kappa shape index (κ1) is 29.8. The fourth-order valence-corrected chi connectivity index (χ4v) is 2.19. The van der Waals surface area contributed by atoms with Gasteiger partial charge in [0.25, 0.3) is 0 Å². The van der Waals surface area contributed by atoms with Gasteiger partial charge in [-0.1, -0.05) is 0 Å². The highest BCUT2D eigenvalue weighted by Crippen LogP contribution is 2.29. The van der Waals surface area contributed by atoms with Crippen LogP contribution >= 0.6 is 0 Å². The molecule has 0 heterocycles. The Morgan fingerprint density at radius 3 is 1.24 bits per heavy atom. The molecule has 0 fully saturated rings. The van der Waals surface area contributed by atoms with Crippen molar-refractivity contribution >= 4 is 11.8 Å². The number of esters is 1. The lowest BCUT2D eigenvalue weighted by atomic mass is 10.2. The maximum atomic E-state index is 13.4. The molecule has 0 saturated heterocycles. The van der Waals surface area contributed by atoms with Crippen molar-refractivity contribution in [3.8, 4) is 5.75 Å². The van der Waals surface area contributed by atoms with Crippen molar-refractivity contribution < 1.29 is 60.0 Å². The maximum Gasteiger partial charge on any atom is 0.313 e. The van der Waals surface area contributed by atoms with E-state index in [1.54, 1.807) is 0 Å². The van der Waals surface area contributed by atoms with E-state index in [0.717, 1.165) is 0 Å². The highest BCUT2D eigenvalue weighted by atomic mass is 19.2. The van der Waals surface area contributed by atoms with Crippen molar-refractivity contribution in [2.24, 2.45) is 0 Å². The van der Waals surface area contributed by atoms with Gasteiger partial charge in [-0.2, -0.15) is 8.78 Å². The van der Waals surface area contributed by atoms with Crippen LogP contribution in [0.4, 0.5) is 22.0 Å². The Labute approximate surface area is 193 Å². The lowest BCUT2D eigenvalue weighted by Crippen LogP contribution is -2.16. The van der Waals surface area contributed by atoms with E-state index in [9.17, 15) is 31.5 Å². The van der Waals surface area contributed by atoms with Crippen molar-refractivity contribution in [2.45, 2.75) is 19.8 Å². The summed E-state index contributed by atoms with van der Waals surface area (Å²) in [7, 11) is 0. The largest absolute Gasteiger partial charge is 0.420 e. The predicted molar refractivity (Wildman–Crippen MR) is 106 cm³/mol. The first-order chi connectivity index (χ1) is 16.3. The van der Waals surface area contributed by atoms with Gasteiger partial charge in [0.2, 0.25) is 34.8 Å². The molecule has 0 saturated carbocycles. The molecule has 0 N–H and O–H groups in total. The molecular formula is C21H27F5O8. The van der Waals surface area contributed by atoms with Gasteiger partial charge in [-0.3, -0.25) is 9.59 Å². The maximum absolute atomic E-state index is 13.4. The van der Waals surface area contributed by atoms with Crippen LogP contribution in [-0.4, -0.2) is 77.8 Å². The van der Waals surface area contributed by atoms with E-state index in [4.69, 9.17) is 23.7 Å². The Morgan fingerprint density at radius 1 is 0.529 bits per heavy atom. The van der Waals surface area contributed by atoms with Gasteiger partial charge in [0, 0.05) is 6.42 Å². The summed E-state index contributed by atoms with van der Waals surface area (Å²) in [5, 5.41) is 0. The number of benzene rings is 1. The molecule has 0 radical (unpaired) electrons. The van der Waals surface area contributed by atoms with Crippen molar-refractivity contribution in [3.05, 3.63) is 29.1 Å². The van der Waals surface area contributed by atoms with Crippen molar-refractivity contribution in [3.63, 3.8) is 0 Å². The topological polar surface area (TPSA) is 89.5 Å². The molecule has 13 heteroatoms. The summed E-state index contributed by atoms with van der Waals surface area (Å²) >= 11 is 0. The third-order valence-corrected chi connectivity index (χ3v) is 3.92. The molecule has 8 nitrogen and oxygen atoms in total. The molecule has 34 heavy (non-hydrogen) atoms. The van der Waals surface area contributed by atoms with Gasteiger partial charge in [-0.05, 0) is 6.92 Å². The van der Waals surface area contributed by atoms with Gasteiger partial charge >= 0.3 is 5.97 Å². The number of rotatable bonds is 19. The first-order valence-corrected chi connectivity index (χ1v) is 10.4.